The summed E-state index contributed by atoms with van der Waals surface area (Å²) in [6.45, 7) is 3.56. The summed E-state index contributed by atoms with van der Waals surface area (Å²) in [5.41, 5.74) is 2.00. The molecule has 0 radical (unpaired) electrons. The van der Waals surface area contributed by atoms with E-state index in [9.17, 15) is 9.50 Å². The molecule has 0 aliphatic carbocycles. The molecule has 0 spiro atoms. The molecule has 0 fully saturated rings. The Kier molecular flexibility index (Phi) is 2.79. The molecule has 3 heteroatoms. The fraction of sp³-hybridized carbons (Fsp3) is 0.231. The van der Waals surface area contributed by atoms with Crippen LogP contribution in [0.15, 0.2) is 34.9 Å². The van der Waals surface area contributed by atoms with Crippen molar-refractivity contribution in [2.75, 3.05) is 0 Å². The fourth-order valence-electron chi connectivity index (χ4n) is 1.78. The average molecular weight is 220 g/mol. The van der Waals surface area contributed by atoms with Crippen LogP contribution in [-0.2, 0) is 0 Å². The molecule has 2 rings (SSSR count). The first-order chi connectivity index (χ1) is 7.58. The molecule has 16 heavy (non-hydrogen) atoms. The minimum atomic E-state index is -0.840. The molecule has 0 aliphatic heterocycles. The minimum Gasteiger partial charge on any atom is -0.469 e. The van der Waals surface area contributed by atoms with Crippen LogP contribution in [0, 0.1) is 19.7 Å². The van der Waals surface area contributed by atoms with Gasteiger partial charge in [0.25, 0.3) is 0 Å². The molecule has 1 aromatic heterocycles. The van der Waals surface area contributed by atoms with Crippen LogP contribution in [0.4, 0.5) is 4.39 Å². The van der Waals surface area contributed by atoms with Gasteiger partial charge in [-0.1, -0.05) is 6.07 Å². The van der Waals surface area contributed by atoms with E-state index in [0.717, 1.165) is 5.56 Å². The maximum Gasteiger partial charge on any atom is 0.123 e. The van der Waals surface area contributed by atoms with Gasteiger partial charge in [-0.3, -0.25) is 0 Å². The van der Waals surface area contributed by atoms with E-state index in [1.165, 1.54) is 18.4 Å². The van der Waals surface area contributed by atoms with Crippen LogP contribution in [-0.4, -0.2) is 5.11 Å². The molecule has 0 amide bonds. The van der Waals surface area contributed by atoms with Gasteiger partial charge in [-0.2, -0.15) is 0 Å². The summed E-state index contributed by atoms with van der Waals surface area (Å²) in [6.07, 6.45) is 0.674. The number of aliphatic hydroxyl groups excluding tert-OH is 1. The van der Waals surface area contributed by atoms with Crippen molar-refractivity contribution in [2.45, 2.75) is 20.0 Å². The summed E-state index contributed by atoms with van der Waals surface area (Å²) in [6, 6.07) is 6.23. The highest BCUT2D eigenvalue weighted by Crippen LogP contribution is 2.26. The number of aryl methyl sites for hydroxylation is 2. The molecule has 1 N–H and O–H groups in total. The highest BCUT2D eigenvalue weighted by atomic mass is 19.1. The second-order valence-corrected chi connectivity index (χ2v) is 3.90. The molecule has 1 atom stereocenters. The first-order valence-corrected chi connectivity index (χ1v) is 5.07. The van der Waals surface area contributed by atoms with Crippen molar-refractivity contribution in [2.24, 2.45) is 0 Å². The van der Waals surface area contributed by atoms with Crippen molar-refractivity contribution in [3.63, 3.8) is 0 Å². The number of halogens is 1. The van der Waals surface area contributed by atoms with Crippen LogP contribution in [0.1, 0.15) is 28.6 Å². The quantitative estimate of drug-likeness (QED) is 0.843. The van der Waals surface area contributed by atoms with Gasteiger partial charge < -0.3 is 9.52 Å². The Hall–Kier alpha value is -1.61. The molecule has 0 saturated heterocycles. The number of aliphatic hydroxyl groups is 1. The highest BCUT2D eigenvalue weighted by Gasteiger charge is 2.15. The molecule has 1 aromatic carbocycles. The van der Waals surface area contributed by atoms with Crippen LogP contribution >= 0.6 is 0 Å². The van der Waals surface area contributed by atoms with E-state index in [4.69, 9.17) is 4.42 Å². The van der Waals surface area contributed by atoms with Gasteiger partial charge in [0.2, 0.25) is 0 Å². The van der Waals surface area contributed by atoms with E-state index in [-0.39, 0.29) is 5.82 Å². The molecular weight excluding hydrogens is 207 g/mol. The number of hydrogen-bond donors (Lipinski definition) is 1. The van der Waals surface area contributed by atoms with Crippen molar-refractivity contribution in [1.29, 1.82) is 0 Å². The zero-order chi connectivity index (χ0) is 11.7. The third-order valence-corrected chi connectivity index (χ3v) is 2.57. The minimum absolute atomic E-state index is 0.338. The molecular formula is C13H13FO2. The second-order valence-electron chi connectivity index (χ2n) is 3.90. The predicted molar refractivity (Wildman–Crippen MR) is 58.6 cm³/mol. The van der Waals surface area contributed by atoms with Gasteiger partial charge in [-0.25, -0.2) is 4.39 Å². The topological polar surface area (TPSA) is 33.4 Å². The van der Waals surface area contributed by atoms with E-state index in [1.807, 2.05) is 0 Å². The monoisotopic (exact) mass is 220 g/mol. The van der Waals surface area contributed by atoms with Crippen molar-refractivity contribution in [1.82, 2.24) is 0 Å². The van der Waals surface area contributed by atoms with E-state index in [2.05, 4.69) is 0 Å². The summed E-state index contributed by atoms with van der Waals surface area (Å²) in [7, 11) is 0. The first-order valence-electron chi connectivity index (χ1n) is 5.07. The number of furan rings is 1. The van der Waals surface area contributed by atoms with Crippen LogP contribution in [0.25, 0.3) is 0 Å². The molecule has 0 aliphatic rings. The van der Waals surface area contributed by atoms with Gasteiger partial charge in [0.05, 0.1) is 6.26 Å². The molecule has 84 valence electrons. The van der Waals surface area contributed by atoms with Gasteiger partial charge in [0.15, 0.2) is 0 Å². The molecule has 0 bridgehead atoms. The van der Waals surface area contributed by atoms with Crippen LogP contribution in [0.5, 0.6) is 0 Å². The lowest BCUT2D eigenvalue weighted by atomic mass is 10.0. The smallest absolute Gasteiger partial charge is 0.123 e. The lowest BCUT2D eigenvalue weighted by Gasteiger charge is -2.11. The summed E-state index contributed by atoms with van der Waals surface area (Å²) < 4.78 is 18.3. The standard InChI is InChI=1S/C13H13FO2/c1-8-5-10(7-11(14)6-8)13(15)12-3-4-16-9(12)2/h3-7,13,15H,1-2H3. The molecule has 2 nitrogen and oxygen atoms in total. The maximum atomic E-state index is 13.2. The fourth-order valence-corrected chi connectivity index (χ4v) is 1.78. The van der Waals surface area contributed by atoms with Crippen molar-refractivity contribution >= 4 is 0 Å². The summed E-state index contributed by atoms with van der Waals surface area (Å²) in [5, 5.41) is 10.1. The van der Waals surface area contributed by atoms with E-state index < -0.39 is 6.10 Å². The van der Waals surface area contributed by atoms with Crippen LogP contribution in [0.2, 0.25) is 0 Å². The number of benzene rings is 1. The van der Waals surface area contributed by atoms with E-state index >= 15 is 0 Å². The molecule has 0 saturated carbocycles. The Morgan fingerprint density at radius 1 is 1.25 bits per heavy atom. The van der Waals surface area contributed by atoms with E-state index in [0.29, 0.717) is 16.9 Å². The Bertz CT molecular complexity index is 482. The Labute approximate surface area is 93.3 Å². The summed E-state index contributed by atoms with van der Waals surface area (Å²) >= 11 is 0. The van der Waals surface area contributed by atoms with Gasteiger partial charge in [-0.15, -0.1) is 0 Å². The van der Waals surface area contributed by atoms with Crippen LogP contribution < -0.4 is 0 Å². The Morgan fingerprint density at radius 3 is 2.56 bits per heavy atom. The second kappa shape index (κ2) is 4.10. The van der Waals surface area contributed by atoms with E-state index in [1.54, 1.807) is 26.0 Å². The normalized spacial score (nSPS) is 12.8. The largest absolute Gasteiger partial charge is 0.469 e. The lowest BCUT2D eigenvalue weighted by molar-refractivity contribution is 0.217. The maximum absolute atomic E-state index is 13.2. The number of rotatable bonds is 2. The third kappa shape index (κ3) is 1.99. The Balaban J connectivity index is 2.41. The van der Waals surface area contributed by atoms with Gasteiger partial charge in [0, 0.05) is 5.56 Å². The van der Waals surface area contributed by atoms with Gasteiger partial charge in [-0.05, 0) is 43.2 Å². The summed E-state index contributed by atoms with van der Waals surface area (Å²) in [4.78, 5) is 0. The van der Waals surface area contributed by atoms with Crippen molar-refractivity contribution in [3.05, 3.63) is 58.8 Å². The first kappa shape index (κ1) is 10.9. The van der Waals surface area contributed by atoms with Gasteiger partial charge >= 0.3 is 0 Å². The SMILES string of the molecule is Cc1cc(F)cc(C(O)c2ccoc2C)c1. The lowest BCUT2D eigenvalue weighted by Crippen LogP contribution is -2.01. The van der Waals surface area contributed by atoms with Gasteiger partial charge in [0.1, 0.15) is 17.7 Å². The average Bonchev–Trinajstić information content (AvgIpc) is 2.62. The molecule has 1 heterocycles. The molecule has 2 aromatic rings. The zero-order valence-electron chi connectivity index (χ0n) is 9.20. The number of hydrogen-bond acceptors (Lipinski definition) is 2. The predicted octanol–water partition coefficient (Wildman–Crippen LogP) is 3.12. The van der Waals surface area contributed by atoms with Crippen molar-refractivity contribution < 1.29 is 13.9 Å². The third-order valence-electron chi connectivity index (χ3n) is 2.57. The zero-order valence-corrected chi connectivity index (χ0v) is 9.20. The highest BCUT2D eigenvalue weighted by molar-refractivity contribution is 5.33. The molecule has 1 unspecified atom stereocenters. The van der Waals surface area contributed by atoms with Crippen LogP contribution in [0.3, 0.4) is 0 Å². The summed E-state index contributed by atoms with van der Waals surface area (Å²) in [5.74, 6) is 0.310. The van der Waals surface area contributed by atoms with Crippen molar-refractivity contribution in [3.8, 4) is 0 Å². The Morgan fingerprint density at radius 2 is 2.00 bits per heavy atom.